The third-order valence-electron chi connectivity index (χ3n) is 2.02. The number of benzene rings is 1. The number of aromatic nitrogens is 1. The minimum atomic E-state index is -2.21. The van der Waals surface area contributed by atoms with E-state index in [1.807, 2.05) is 6.92 Å². The topological polar surface area (TPSA) is 88.3 Å². The van der Waals surface area contributed by atoms with Gasteiger partial charge < -0.3 is 19.2 Å². The molecular formula is C8H8KN3O2S2. The van der Waals surface area contributed by atoms with Gasteiger partial charge in [-0.2, -0.15) is 5.10 Å². The first-order valence-corrected chi connectivity index (χ1v) is 5.97. The van der Waals surface area contributed by atoms with Crippen molar-refractivity contribution in [3.05, 3.63) is 22.5 Å². The average molecular weight is 281 g/mol. The first-order valence-electron chi connectivity index (χ1n) is 4.08. The molecule has 0 aliphatic carbocycles. The van der Waals surface area contributed by atoms with Crippen LogP contribution in [0.2, 0.25) is 0 Å². The number of thiazole rings is 1. The third-order valence-corrected chi connectivity index (χ3v) is 3.58. The summed E-state index contributed by atoms with van der Waals surface area (Å²) in [5, 5.41) is 3.53. The molecule has 0 fully saturated rings. The molecule has 0 aliphatic heterocycles. The fraction of sp³-hybridized carbons (Fsp3) is 0.125. The van der Waals surface area contributed by atoms with Crippen LogP contribution in [0.5, 0.6) is 0 Å². The number of aryl methyl sites for hydroxylation is 1. The van der Waals surface area contributed by atoms with Crippen LogP contribution >= 0.6 is 11.3 Å². The zero-order chi connectivity index (χ0) is 11.0. The van der Waals surface area contributed by atoms with Gasteiger partial charge in [0.05, 0.1) is 10.2 Å². The molecule has 3 N–H and O–H groups in total. The van der Waals surface area contributed by atoms with Crippen LogP contribution in [0.1, 0.15) is 5.56 Å². The average Bonchev–Trinajstić information content (AvgIpc) is 2.61. The van der Waals surface area contributed by atoms with Crippen molar-refractivity contribution in [3.63, 3.8) is 0 Å². The van der Waals surface area contributed by atoms with Gasteiger partial charge in [-0.1, -0.05) is 28.4 Å². The Bertz CT molecular complexity index is 649. The Morgan fingerprint density at radius 3 is 2.69 bits per heavy atom. The zero-order valence-electron chi connectivity index (χ0n) is 8.81. The van der Waals surface area contributed by atoms with E-state index in [2.05, 4.69) is 10.1 Å². The van der Waals surface area contributed by atoms with Gasteiger partial charge in [-0.25, -0.2) is 0 Å². The van der Waals surface area contributed by atoms with Gasteiger partial charge in [-0.15, -0.1) is 0 Å². The maximum Gasteiger partial charge on any atom is 1.00 e. The van der Waals surface area contributed by atoms with E-state index in [4.69, 9.17) is 5.84 Å². The molecule has 0 atom stereocenters. The molecule has 2 aromatic rings. The standard InChI is InChI=1S/C8H8N3O2S2.K/c1-4-2-5(15(12)13)3-6-7(4)10-8(11-9)14-6;/h2-3H,9H2,1H3,(H,10,11);/q-1;+1. The largest absolute Gasteiger partial charge is 1.00 e. The van der Waals surface area contributed by atoms with Gasteiger partial charge in [0.2, 0.25) is 4.80 Å². The summed E-state index contributed by atoms with van der Waals surface area (Å²) in [6, 6.07) is 3.20. The van der Waals surface area contributed by atoms with Crippen LogP contribution in [-0.2, 0) is 19.1 Å². The van der Waals surface area contributed by atoms with Crippen LogP contribution < -0.4 is 62.0 Å². The zero-order valence-corrected chi connectivity index (χ0v) is 13.6. The monoisotopic (exact) mass is 281 g/mol. The van der Waals surface area contributed by atoms with E-state index < -0.39 is 10.7 Å². The molecular weight excluding hydrogens is 273 g/mol. The Kier molecular flexibility index (Phi) is 5.17. The van der Waals surface area contributed by atoms with Crippen molar-refractivity contribution >= 4 is 32.3 Å². The Morgan fingerprint density at radius 2 is 2.12 bits per heavy atom. The molecule has 0 radical (unpaired) electrons. The summed E-state index contributed by atoms with van der Waals surface area (Å²) < 4.78 is 22.5. The minimum absolute atomic E-state index is 0. The maximum absolute atomic E-state index is 10.8. The van der Waals surface area contributed by atoms with Gasteiger partial charge in [-0.3, -0.25) is 0 Å². The van der Waals surface area contributed by atoms with E-state index in [-0.39, 0.29) is 56.3 Å². The molecule has 0 unspecified atom stereocenters. The summed E-state index contributed by atoms with van der Waals surface area (Å²) >= 11 is 1.32. The van der Waals surface area contributed by atoms with Gasteiger partial charge in [0, 0.05) is 0 Å². The summed E-state index contributed by atoms with van der Waals surface area (Å²) in [7, 11) is -2.21. The summed E-state index contributed by atoms with van der Waals surface area (Å²) in [4.78, 5) is 3.85. The Labute approximate surface area is 140 Å². The van der Waals surface area contributed by atoms with E-state index in [1.54, 1.807) is 12.1 Å². The molecule has 0 saturated carbocycles. The second-order valence-electron chi connectivity index (χ2n) is 3.01. The number of nitrogens with two attached hydrogens (primary N) is 1. The number of aromatic amines is 1. The van der Waals surface area contributed by atoms with Crippen LogP contribution in [-0.4, -0.2) is 4.98 Å². The number of fused-ring (bicyclic) bond motifs is 1. The summed E-state index contributed by atoms with van der Waals surface area (Å²) in [6.07, 6.45) is 0. The molecule has 0 aliphatic rings. The Morgan fingerprint density at radius 1 is 1.44 bits per heavy atom. The quantitative estimate of drug-likeness (QED) is 0.274. The summed E-state index contributed by atoms with van der Waals surface area (Å²) in [5.74, 6) is 5.14. The number of nitrogens with zero attached hydrogens (tertiary/aromatic N) is 1. The van der Waals surface area contributed by atoms with E-state index in [0.29, 0.717) is 4.80 Å². The Balaban J connectivity index is 0.00000128. The normalized spacial score (nSPS) is 12.0. The fourth-order valence-electron chi connectivity index (χ4n) is 1.36. The van der Waals surface area contributed by atoms with E-state index >= 15 is 0 Å². The van der Waals surface area contributed by atoms with Crippen molar-refractivity contribution in [2.75, 3.05) is 0 Å². The van der Waals surface area contributed by atoms with Crippen LogP contribution in [0.4, 0.5) is 0 Å². The molecule has 0 amide bonds. The van der Waals surface area contributed by atoms with Crippen molar-refractivity contribution < 1.29 is 59.8 Å². The van der Waals surface area contributed by atoms with Gasteiger partial charge in [-0.05, 0) is 23.2 Å². The molecule has 8 heteroatoms. The first-order chi connectivity index (χ1) is 7.11. The van der Waals surface area contributed by atoms with Gasteiger partial charge in [0.25, 0.3) is 0 Å². The summed E-state index contributed by atoms with van der Waals surface area (Å²) in [6.45, 7) is 1.84. The molecule has 1 aromatic carbocycles. The molecule has 0 saturated heterocycles. The predicted octanol–water partition coefficient (Wildman–Crippen LogP) is -2.02. The van der Waals surface area contributed by atoms with E-state index in [1.165, 1.54) is 11.3 Å². The van der Waals surface area contributed by atoms with E-state index in [0.717, 1.165) is 15.8 Å². The molecule has 1 aromatic heterocycles. The van der Waals surface area contributed by atoms with E-state index in [9.17, 15) is 8.42 Å². The van der Waals surface area contributed by atoms with Crippen molar-refractivity contribution in [2.24, 2.45) is 10.9 Å². The second-order valence-corrected chi connectivity index (χ2v) is 4.98. The number of hydrogen-bond acceptors (Lipinski definition) is 6. The molecule has 0 bridgehead atoms. The third kappa shape index (κ3) is 2.75. The van der Waals surface area contributed by atoms with Crippen molar-refractivity contribution in [1.29, 1.82) is 0 Å². The molecule has 5 nitrogen and oxygen atoms in total. The number of nitrogens with one attached hydrogen (secondary N) is 1. The molecule has 16 heavy (non-hydrogen) atoms. The van der Waals surface area contributed by atoms with Crippen molar-refractivity contribution in [1.82, 2.24) is 4.98 Å². The van der Waals surface area contributed by atoms with Crippen LogP contribution in [0, 0.1) is 6.92 Å². The number of rotatable bonds is 1. The fourth-order valence-corrected chi connectivity index (χ4v) is 2.83. The smallest absolute Gasteiger partial charge is 0.420 e. The number of hydrogen-bond donors (Lipinski definition) is 2. The minimum Gasteiger partial charge on any atom is -0.420 e. The van der Waals surface area contributed by atoms with Crippen molar-refractivity contribution in [2.45, 2.75) is 11.8 Å². The maximum atomic E-state index is 10.8. The number of H-pyrrole nitrogens is 1. The molecule has 80 valence electrons. The van der Waals surface area contributed by atoms with Crippen LogP contribution in [0.25, 0.3) is 10.2 Å². The van der Waals surface area contributed by atoms with Crippen LogP contribution in [0.15, 0.2) is 22.1 Å². The SMILES string of the molecule is Cc1cc([S-](=O)=O)cc2sc(=NN)[nH]c12.[K+]. The molecule has 2 rings (SSSR count). The summed E-state index contributed by atoms with van der Waals surface area (Å²) in [5.41, 5.74) is 1.73. The predicted molar refractivity (Wildman–Crippen MR) is 57.7 cm³/mol. The molecule has 1 heterocycles. The first kappa shape index (κ1) is 14.4. The molecule has 0 spiro atoms. The van der Waals surface area contributed by atoms with Gasteiger partial charge in [0.15, 0.2) is 0 Å². The van der Waals surface area contributed by atoms with Crippen molar-refractivity contribution in [3.8, 4) is 0 Å². The van der Waals surface area contributed by atoms with Gasteiger partial charge in [0.1, 0.15) is 0 Å². The second kappa shape index (κ2) is 5.76. The Hall–Kier alpha value is 0.296. The van der Waals surface area contributed by atoms with Gasteiger partial charge >= 0.3 is 51.4 Å². The van der Waals surface area contributed by atoms with Crippen LogP contribution in [0.3, 0.4) is 0 Å².